The predicted molar refractivity (Wildman–Crippen MR) is 110 cm³/mol. The molecular weight excluding hydrogens is 368 g/mol. The highest BCUT2D eigenvalue weighted by atomic mass is 16.5. The molecule has 0 unspecified atom stereocenters. The largest absolute Gasteiger partial charge is 0.485 e. The van der Waals surface area contributed by atoms with E-state index in [0.29, 0.717) is 23.0 Å². The molecule has 29 heavy (non-hydrogen) atoms. The second kappa shape index (κ2) is 8.77. The molecule has 0 spiro atoms. The minimum atomic E-state index is -0.144. The first-order valence-corrected chi connectivity index (χ1v) is 9.86. The van der Waals surface area contributed by atoms with Crippen LogP contribution in [0.4, 0.5) is 11.4 Å². The summed E-state index contributed by atoms with van der Waals surface area (Å²) in [7, 11) is 0. The summed E-state index contributed by atoms with van der Waals surface area (Å²) in [4.78, 5) is 19.2. The van der Waals surface area contributed by atoms with E-state index in [1.165, 1.54) is 19.3 Å². The van der Waals surface area contributed by atoms with Crippen LogP contribution in [0.25, 0.3) is 0 Å². The van der Waals surface area contributed by atoms with Gasteiger partial charge in [0.15, 0.2) is 6.61 Å². The summed E-state index contributed by atoms with van der Waals surface area (Å²) in [6.45, 7) is 4.00. The number of hydrogen-bond acceptors (Lipinski definition) is 6. The second-order valence-corrected chi connectivity index (χ2v) is 7.06. The van der Waals surface area contributed by atoms with Crippen LogP contribution < -0.4 is 15.0 Å². The molecule has 1 fully saturated rings. The highest BCUT2D eigenvalue weighted by molar-refractivity contribution is 6.06. The maximum Gasteiger partial charge on any atom is 0.255 e. The third-order valence-electron chi connectivity index (χ3n) is 4.90. The molecule has 2 heterocycles. The molecule has 0 atom stereocenters. The summed E-state index contributed by atoms with van der Waals surface area (Å²) in [5.74, 6) is 1.48. The van der Waals surface area contributed by atoms with Gasteiger partial charge in [-0.3, -0.25) is 4.79 Å². The average molecular weight is 392 g/mol. The fourth-order valence-electron chi connectivity index (χ4n) is 3.43. The van der Waals surface area contributed by atoms with Crippen LogP contribution in [0.3, 0.4) is 0 Å². The van der Waals surface area contributed by atoms with Gasteiger partial charge in [0.1, 0.15) is 5.75 Å². The molecule has 1 amide bonds. The molecule has 0 bridgehead atoms. The van der Waals surface area contributed by atoms with Crippen LogP contribution in [-0.4, -0.2) is 29.1 Å². The van der Waals surface area contributed by atoms with E-state index in [-0.39, 0.29) is 12.5 Å². The molecule has 4 rings (SSSR count). The Bertz CT molecular complexity index is 962. The maximum absolute atomic E-state index is 12.7. The molecule has 0 saturated carbocycles. The van der Waals surface area contributed by atoms with Crippen molar-refractivity contribution >= 4 is 17.3 Å². The minimum Gasteiger partial charge on any atom is -0.485 e. The number of carbonyl (C=O) groups is 1. The molecule has 150 valence electrons. The van der Waals surface area contributed by atoms with Gasteiger partial charge < -0.3 is 19.5 Å². The highest BCUT2D eigenvalue weighted by Gasteiger charge is 2.16. The Morgan fingerprint density at radius 2 is 1.86 bits per heavy atom. The van der Waals surface area contributed by atoms with Gasteiger partial charge in [-0.1, -0.05) is 17.3 Å². The van der Waals surface area contributed by atoms with E-state index in [1.807, 2.05) is 18.2 Å². The van der Waals surface area contributed by atoms with E-state index in [0.717, 1.165) is 24.5 Å². The number of carbonyl (C=O) groups excluding carboxylic acids is 1. The molecule has 1 saturated heterocycles. The first kappa shape index (κ1) is 19.0. The minimum absolute atomic E-state index is 0.144. The van der Waals surface area contributed by atoms with Crippen molar-refractivity contribution in [1.29, 1.82) is 0 Å². The Morgan fingerprint density at radius 1 is 1.10 bits per heavy atom. The zero-order valence-electron chi connectivity index (χ0n) is 16.4. The van der Waals surface area contributed by atoms with Gasteiger partial charge in [-0.2, -0.15) is 4.98 Å². The number of anilines is 2. The molecule has 0 aliphatic carbocycles. The maximum atomic E-state index is 12.7. The number of rotatable bonds is 6. The fraction of sp³-hybridized carbons (Fsp3) is 0.318. The SMILES string of the molecule is Cc1nc(COc2ccc(C(=O)Nc3ccccc3N3CCCCC3)cc2)no1. The van der Waals surface area contributed by atoms with E-state index in [4.69, 9.17) is 9.26 Å². The summed E-state index contributed by atoms with van der Waals surface area (Å²) in [5.41, 5.74) is 2.49. The summed E-state index contributed by atoms with van der Waals surface area (Å²) in [6, 6.07) is 15.0. The number of nitrogens with one attached hydrogen (secondary N) is 1. The van der Waals surface area contributed by atoms with Gasteiger partial charge in [0, 0.05) is 25.6 Å². The number of piperidine rings is 1. The first-order valence-electron chi connectivity index (χ1n) is 9.86. The molecular formula is C22H24N4O3. The van der Waals surface area contributed by atoms with Crippen LogP contribution in [0.5, 0.6) is 5.75 Å². The lowest BCUT2D eigenvalue weighted by Gasteiger charge is -2.30. The van der Waals surface area contributed by atoms with E-state index >= 15 is 0 Å². The van der Waals surface area contributed by atoms with Gasteiger partial charge in [0.2, 0.25) is 11.7 Å². The smallest absolute Gasteiger partial charge is 0.255 e. The zero-order chi connectivity index (χ0) is 20.1. The Balaban J connectivity index is 1.40. The summed E-state index contributed by atoms with van der Waals surface area (Å²) < 4.78 is 10.5. The number of hydrogen-bond donors (Lipinski definition) is 1. The number of aryl methyl sites for hydroxylation is 1. The number of ether oxygens (including phenoxy) is 1. The summed E-state index contributed by atoms with van der Waals surface area (Å²) in [5, 5.41) is 6.84. The van der Waals surface area contributed by atoms with Crippen LogP contribution in [0, 0.1) is 6.92 Å². The van der Waals surface area contributed by atoms with Crippen molar-refractivity contribution < 1.29 is 14.1 Å². The van der Waals surface area contributed by atoms with E-state index < -0.39 is 0 Å². The molecule has 1 aliphatic rings. The van der Waals surface area contributed by atoms with Crippen molar-refractivity contribution in [2.24, 2.45) is 0 Å². The van der Waals surface area contributed by atoms with E-state index in [2.05, 4.69) is 26.4 Å². The number of benzene rings is 2. The molecule has 0 radical (unpaired) electrons. The molecule has 3 aromatic rings. The van der Waals surface area contributed by atoms with Crippen LogP contribution in [0.15, 0.2) is 53.1 Å². The third-order valence-corrected chi connectivity index (χ3v) is 4.90. The van der Waals surface area contributed by atoms with Crippen molar-refractivity contribution in [2.45, 2.75) is 32.8 Å². The molecule has 7 heteroatoms. The van der Waals surface area contributed by atoms with Crippen molar-refractivity contribution in [3.8, 4) is 5.75 Å². The van der Waals surface area contributed by atoms with Crippen molar-refractivity contribution in [2.75, 3.05) is 23.3 Å². The van der Waals surface area contributed by atoms with Crippen molar-refractivity contribution in [3.05, 3.63) is 65.8 Å². The van der Waals surface area contributed by atoms with E-state index in [9.17, 15) is 4.79 Å². The van der Waals surface area contributed by atoms with E-state index in [1.54, 1.807) is 31.2 Å². The lowest BCUT2D eigenvalue weighted by atomic mass is 10.1. The van der Waals surface area contributed by atoms with Gasteiger partial charge in [0.05, 0.1) is 11.4 Å². The number of amides is 1. The van der Waals surface area contributed by atoms with Gasteiger partial charge in [-0.05, 0) is 55.7 Å². The summed E-state index contributed by atoms with van der Waals surface area (Å²) in [6.07, 6.45) is 3.64. The number of nitrogens with zero attached hydrogens (tertiary/aromatic N) is 3. The number of para-hydroxylation sites is 2. The topological polar surface area (TPSA) is 80.5 Å². The van der Waals surface area contributed by atoms with Gasteiger partial charge in [-0.15, -0.1) is 0 Å². The predicted octanol–water partition coefficient (Wildman–Crippen LogP) is 4.20. The average Bonchev–Trinajstić information content (AvgIpc) is 3.19. The molecule has 1 aliphatic heterocycles. The highest BCUT2D eigenvalue weighted by Crippen LogP contribution is 2.28. The Morgan fingerprint density at radius 3 is 2.59 bits per heavy atom. The van der Waals surface area contributed by atoms with Crippen LogP contribution in [-0.2, 0) is 6.61 Å². The zero-order valence-corrected chi connectivity index (χ0v) is 16.4. The normalized spacial score (nSPS) is 13.9. The van der Waals surface area contributed by atoms with Gasteiger partial charge >= 0.3 is 0 Å². The number of aromatic nitrogens is 2. The summed E-state index contributed by atoms with van der Waals surface area (Å²) >= 11 is 0. The Labute approximate surface area is 169 Å². The standard InChI is InChI=1S/C22H24N4O3/c1-16-23-21(25-29-16)15-28-18-11-9-17(10-12-18)22(27)24-19-7-3-4-8-20(19)26-13-5-2-6-14-26/h3-4,7-12H,2,5-6,13-15H2,1H3,(H,24,27). The van der Waals surface area contributed by atoms with Crippen LogP contribution in [0.2, 0.25) is 0 Å². The lowest BCUT2D eigenvalue weighted by molar-refractivity contribution is 0.102. The Hall–Kier alpha value is -3.35. The fourth-order valence-corrected chi connectivity index (χ4v) is 3.43. The van der Waals surface area contributed by atoms with Crippen LogP contribution in [0.1, 0.15) is 41.3 Å². The molecule has 1 aromatic heterocycles. The quantitative estimate of drug-likeness (QED) is 0.677. The molecule has 1 N–H and O–H groups in total. The van der Waals surface area contributed by atoms with Gasteiger partial charge in [0.25, 0.3) is 5.91 Å². The van der Waals surface area contributed by atoms with Crippen molar-refractivity contribution in [3.63, 3.8) is 0 Å². The monoisotopic (exact) mass is 392 g/mol. The first-order chi connectivity index (χ1) is 14.2. The second-order valence-electron chi connectivity index (χ2n) is 7.06. The lowest BCUT2D eigenvalue weighted by Crippen LogP contribution is -2.30. The van der Waals surface area contributed by atoms with Gasteiger partial charge in [-0.25, -0.2) is 0 Å². The van der Waals surface area contributed by atoms with Crippen molar-refractivity contribution in [1.82, 2.24) is 10.1 Å². The molecule has 7 nitrogen and oxygen atoms in total. The Kier molecular flexibility index (Phi) is 5.74. The third kappa shape index (κ3) is 4.74. The molecule has 2 aromatic carbocycles. The van der Waals surface area contributed by atoms with Crippen LogP contribution >= 0.6 is 0 Å².